The van der Waals surface area contributed by atoms with Gasteiger partial charge in [-0.15, -0.1) is 22.7 Å². The fourth-order valence-corrected chi connectivity index (χ4v) is 4.32. The van der Waals surface area contributed by atoms with Crippen LogP contribution in [0.25, 0.3) is 0 Å². The van der Waals surface area contributed by atoms with E-state index in [9.17, 15) is 13.2 Å². The number of aromatic nitrogens is 1. The number of thiazole rings is 1. The summed E-state index contributed by atoms with van der Waals surface area (Å²) in [6.45, 7) is 0. The lowest BCUT2D eigenvalue weighted by atomic mass is 10.3. The second-order valence-corrected chi connectivity index (χ2v) is 7.21. The first-order chi connectivity index (χ1) is 8.47. The fraction of sp³-hybridized carbons (Fsp3) is 0.111. The van der Waals surface area contributed by atoms with Crippen LogP contribution in [0.5, 0.6) is 0 Å². The van der Waals surface area contributed by atoms with E-state index in [-0.39, 0.29) is 15.8 Å². The van der Waals surface area contributed by atoms with E-state index in [1.807, 2.05) is 0 Å². The summed E-state index contributed by atoms with van der Waals surface area (Å²) in [6.07, 6.45) is 1.31. The van der Waals surface area contributed by atoms with E-state index >= 15 is 0 Å². The molecule has 96 valence electrons. The molecule has 6 nitrogen and oxygen atoms in total. The number of anilines is 1. The molecule has 2 rings (SSSR count). The molecule has 0 atom stereocenters. The lowest BCUT2D eigenvalue weighted by Gasteiger charge is -2.01. The topological polar surface area (TPSA) is 96.4 Å². The van der Waals surface area contributed by atoms with Crippen molar-refractivity contribution in [2.45, 2.75) is 10.6 Å². The molecule has 0 unspecified atom stereocenters. The van der Waals surface area contributed by atoms with Crippen LogP contribution >= 0.6 is 22.7 Å². The highest BCUT2D eigenvalue weighted by molar-refractivity contribution is 7.94. The van der Waals surface area contributed by atoms with Gasteiger partial charge >= 0.3 is 5.97 Å². The first-order valence-electron chi connectivity index (χ1n) is 4.70. The van der Waals surface area contributed by atoms with Gasteiger partial charge in [-0.05, 0) is 12.1 Å². The molecule has 0 spiro atoms. The van der Waals surface area contributed by atoms with E-state index in [0.29, 0.717) is 4.88 Å². The lowest BCUT2D eigenvalue weighted by molar-refractivity contribution is -0.136. The summed E-state index contributed by atoms with van der Waals surface area (Å²) in [7, 11) is -3.67. The molecule has 0 radical (unpaired) electrons. The molecule has 0 fully saturated rings. The van der Waals surface area contributed by atoms with Crippen molar-refractivity contribution in [2.24, 2.45) is 0 Å². The van der Waals surface area contributed by atoms with Crippen molar-refractivity contribution >= 4 is 43.8 Å². The van der Waals surface area contributed by atoms with E-state index in [0.717, 1.165) is 11.3 Å². The number of thiophene rings is 1. The summed E-state index contributed by atoms with van der Waals surface area (Å²) in [5, 5.41) is 10.6. The Labute approximate surface area is 111 Å². The molecule has 0 aliphatic heterocycles. The number of nitrogens with one attached hydrogen (secondary N) is 1. The van der Waals surface area contributed by atoms with Gasteiger partial charge in [0.25, 0.3) is 10.0 Å². The number of hydrogen-bond donors (Lipinski definition) is 2. The largest absolute Gasteiger partial charge is 0.481 e. The molecular weight excluding hydrogens is 296 g/mol. The number of carboxylic acids is 1. The normalized spacial score (nSPS) is 11.3. The lowest BCUT2D eigenvalue weighted by Crippen LogP contribution is -2.11. The van der Waals surface area contributed by atoms with Gasteiger partial charge in [-0.1, -0.05) is 0 Å². The first-order valence-corrected chi connectivity index (χ1v) is 7.88. The maximum Gasteiger partial charge on any atom is 0.308 e. The molecule has 0 aliphatic carbocycles. The molecule has 18 heavy (non-hydrogen) atoms. The molecule has 0 bridgehead atoms. The molecule has 0 aliphatic rings. The summed E-state index contributed by atoms with van der Waals surface area (Å²) >= 11 is 2.11. The van der Waals surface area contributed by atoms with E-state index in [2.05, 4.69) is 9.71 Å². The molecule has 2 aromatic rings. The Kier molecular flexibility index (Phi) is 3.64. The SMILES string of the molecule is O=C(O)Cc1ccc(S(=O)(=O)Nc2nccs2)s1. The maximum absolute atomic E-state index is 11.9. The number of carbonyl (C=O) groups is 1. The summed E-state index contributed by atoms with van der Waals surface area (Å²) < 4.78 is 26.2. The monoisotopic (exact) mass is 304 g/mol. The third kappa shape index (κ3) is 3.06. The predicted octanol–water partition coefficient (Wildman–Crippen LogP) is 1.63. The van der Waals surface area contributed by atoms with Crippen LogP contribution in [0.15, 0.2) is 27.9 Å². The fourth-order valence-electron chi connectivity index (χ4n) is 1.19. The van der Waals surface area contributed by atoms with Crippen molar-refractivity contribution < 1.29 is 18.3 Å². The number of rotatable bonds is 5. The van der Waals surface area contributed by atoms with E-state index in [1.54, 1.807) is 5.38 Å². The zero-order chi connectivity index (χ0) is 13.2. The molecule has 0 aromatic carbocycles. The Morgan fingerprint density at radius 1 is 1.44 bits per heavy atom. The van der Waals surface area contributed by atoms with Gasteiger partial charge in [-0.25, -0.2) is 13.4 Å². The van der Waals surface area contributed by atoms with Crippen LogP contribution in [-0.2, 0) is 21.2 Å². The van der Waals surface area contributed by atoms with E-state index in [4.69, 9.17) is 5.11 Å². The van der Waals surface area contributed by atoms with Gasteiger partial charge in [0.2, 0.25) is 0 Å². The van der Waals surface area contributed by atoms with Gasteiger partial charge in [0.1, 0.15) is 4.21 Å². The van der Waals surface area contributed by atoms with Crippen LogP contribution < -0.4 is 4.72 Å². The van der Waals surface area contributed by atoms with Crippen molar-refractivity contribution in [3.8, 4) is 0 Å². The van der Waals surface area contributed by atoms with Gasteiger partial charge in [-0.2, -0.15) is 0 Å². The Hall–Kier alpha value is -1.45. The Morgan fingerprint density at radius 2 is 2.22 bits per heavy atom. The Balaban J connectivity index is 2.19. The zero-order valence-corrected chi connectivity index (χ0v) is 11.3. The van der Waals surface area contributed by atoms with Gasteiger partial charge in [0.15, 0.2) is 5.13 Å². The average Bonchev–Trinajstić information content (AvgIpc) is 2.87. The highest BCUT2D eigenvalue weighted by atomic mass is 32.2. The van der Waals surface area contributed by atoms with Crippen molar-refractivity contribution in [1.29, 1.82) is 0 Å². The Morgan fingerprint density at radius 3 is 2.83 bits per heavy atom. The van der Waals surface area contributed by atoms with Crippen LogP contribution in [0.1, 0.15) is 4.88 Å². The van der Waals surface area contributed by atoms with Crippen molar-refractivity contribution in [3.63, 3.8) is 0 Å². The predicted molar refractivity (Wildman–Crippen MR) is 68.6 cm³/mol. The Bertz CT molecular complexity index is 645. The second-order valence-electron chi connectivity index (χ2n) is 3.23. The van der Waals surface area contributed by atoms with Gasteiger partial charge < -0.3 is 5.11 Å². The quantitative estimate of drug-likeness (QED) is 0.875. The summed E-state index contributed by atoms with van der Waals surface area (Å²) in [5.74, 6) is -0.992. The van der Waals surface area contributed by atoms with E-state index < -0.39 is 16.0 Å². The molecule has 0 saturated carbocycles. The summed E-state index contributed by atoms with van der Waals surface area (Å²) in [4.78, 5) is 14.8. The number of sulfonamides is 1. The highest BCUT2D eigenvalue weighted by Crippen LogP contribution is 2.25. The van der Waals surface area contributed by atoms with Crippen LogP contribution in [0.2, 0.25) is 0 Å². The molecule has 2 aromatic heterocycles. The second kappa shape index (κ2) is 5.04. The summed E-state index contributed by atoms with van der Waals surface area (Å²) in [6, 6.07) is 2.88. The third-order valence-corrected chi connectivity index (χ3v) is 5.62. The molecular formula is C9H8N2O4S3. The minimum absolute atomic E-state index is 0.0777. The first kappa shape index (κ1) is 13.0. The molecule has 9 heteroatoms. The van der Waals surface area contributed by atoms with Crippen molar-refractivity contribution in [3.05, 3.63) is 28.6 Å². The average molecular weight is 304 g/mol. The summed E-state index contributed by atoms with van der Waals surface area (Å²) in [5.41, 5.74) is 0. The van der Waals surface area contributed by atoms with Crippen molar-refractivity contribution in [1.82, 2.24) is 4.98 Å². The number of carboxylic acid groups (broad SMARTS) is 1. The van der Waals surface area contributed by atoms with Gasteiger partial charge in [0, 0.05) is 16.5 Å². The molecule has 2 N–H and O–H groups in total. The number of hydrogen-bond acceptors (Lipinski definition) is 6. The van der Waals surface area contributed by atoms with Crippen LogP contribution in [0.3, 0.4) is 0 Å². The minimum atomic E-state index is -3.67. The smallest absolute Gasteiger partial charge is 0.308 e. The van der Waals surface area contributed by atoms with Crippen LogP contribution in [-0.4, -0.2) is 24.5 Å². The number of aliphatic carboxylic acids is 1. The van der Waals surface area contributed by atoms with Gasteiger partial charge in [0.05, 0.1) is 6.42 Å². The van der Waals surface area contributed by atoms with Gasteiger partial charge in [-0.3, -0.25) is 9.52 Å². The maximum atomic E-state index is 11.9. The van der Waals surface area contributed by atoms with Crippen LogP contribution in [0.4, 0.5) is 5.13 Å². The molecule has 0 amide bonds. The zero-order valence-electron chi connectivity index (χ0n) is 8.86. The molecule has 2 heterocycles. The van der Waals surface area contributed by atoms with Crippen LogP contribution in [0, 0.1) is 0 Å². The van der Waals surface area contributed by atoms with E-state index in [1.165, 1.54) is 29.7 Å². The minimum Gasteiger partial charge on any atom is -0.481 e. The van der Waals surface area contributed by atoms with Crippen molar-refractivity contribution in [2.75, 3.05) is 4.72 Å². The highest BCUT2D eigenvalue weighted by Gasteiger charge is 2.18. The number of nitrogens with zero attached hydrogens (tertiary/aromatic N) is 1. The third-order valence-electron chi connectivity index (χ3n) is 1.88. The molecule has 0 saturated heterocycles. The standard InChI is InChI=1S/C9H8N2O4S3/c12-7(13)5-6-1-2-8(17-6)18(14,15)11-9-10-3-4-16-9/h1-4H,5H2,(H,10,11)(H,12,13).